The van der Waals surface area contributed by atoms with Crippen LogP contribution in [0.2, 0.25) is 10.0 Å². The number of hydrogen-bond donors (Lipinski definition) is 2. The number of rotatable bonds is 5. The minimum atomic E-state index is -0.732. The Hall–Kier alpha value is -2.24. The lowest BCUT2D eigenvalue weighted by Crippen LogP contribution is -2.41. The van der Waals surface area contributed by atoms with Crippen LogP contribution in [0.1, 0.15) is 36.5 Å². The van der Waals surface area contributed by atoms with E-state index in [1.54, 1.807) is 25.1 Å². The number of halogens is 2. The molecule has 0 aliphatic carbocycles. The summed E-state index contributed by atoms with van der Waals surface area (Å²) in [5.74, 6) is -0.757. The van der Waals surface area contributed by atoms with Crippen molar-refractivity contribution in [3.05, 3.63) is 58.1 Å². The topological polar surface area (TPSA) is 61.4 Å². The lowest BCUT2D eigenvalue weighted by Gasteiger charge is -2.28. The SMILES string of the molecule is CC(NC(=O)c1cccc(Cl)c1Cl)C(=O)Nc1ccc(N2CCCCC2)cc1. The van der Waals surface area contributed by atoms with E-state index >= 15 is 0 Å². The highest BCUT2D eigenvalue weighted by atomic mass is 35.5. The van der Waals surface area contributed by atoms with Gasteiger partial charge < -0.3 is 15.5 Å². The number of nitrogens with one attached hydrogen (secondary N) is 2. The van der Waals surface area contributed by atoms with E-state index < -0.39 is 11.9 Å². The Kier molecular flexibility index (Phi) is 6.81. The molecule has 0 saturated carbocycles. The van der Waals surface area contributed by atoms with Crippen molar-refractivity contribution in [1.82, 2.24) is 5.32 Å². The first-order chi connectivity index (χ1) is 13.5. The van der Waals surface area contributed by atoms with Crippen molar-refractivity contribution in [2.75, 3.05) is 23.3 Å². The molecular formula is C21H23Cl2N3O2. The first kappa shape index (κ1) is 20.5. The van der Waals surface area contributed by atoms with Gasteiger partial charge in [-0.15, -0.1) is 0 Å². The maximum absolute atomic E-state index is 12.4. The van der Waals surface area contributed by atoms with Crippen LogP contribution in [0, 0.1) is 0 Å². The number of nitrogens with zero attached hydrogens (tertiary/aromatic N) is 1. The predicted molar refractivity (Wildman–Crippen MR) is 115 cm³/mol. The molecule has 2 N–H and O–H groups in total. The van der Waals surface area contributed by atoms with E-state index in [1.807, 2.05) is 24.3 Å². The minimum Gasteiger partial charge on any atom is -0.372 e. The summed E-state index contributed by atoms with van der Waals surface area (Å²) in [6.45, 7) is 3.76. The third-order valence-corrected chi connectivity index (χ3v) is 5.61. The van der Waals surface area contributed by atoms with Gasteiger partial charge in [-0.1, -0.05) is 29.3 Å². The quantitative estimate of drug-likeness (QED) is 0.735. The van der Waals surface area contributed by atoms with Crippen LogP contribution in [0.3, 0.4) is 0 Å². The number of piperidine rings is 1. The summed E-state index contributed by atoms with van der Waals surface area (Å²) in [5, 5.41) is 5.93. The average Bonchev–Trinajstić information content (AvgIpc) is 2.71. The fourth-order valence-corrected chi connectivity index (χ4v) is 3.56. The third kappa shape index (κ3) is 4.97. The van der Waals surface area contributed by atoms with Gasteiger partial charge in [-0.3, -0.25) is 9.59 Å². The highest BCUT2D eigenvalue weighted by molar-refractivity contribution is 6.43. The van der Waals surface area contributed by atoms with Crippen LogP contribution >= 0.6 is 23.2 Å². The number of carbonyl (C=O) groups is 2. The van der Waals surface area contributed by atoms with Gasteiger partial charge in [0.25, 0.3) is 5.91 Å². The van der Waals surface area contributed by atoms with Crippen molar-refractivity contribution in [2.24, 2.45) is 0 Å². The molecule has 1 heterocycles. The summed E-state index contributed by atoms with van der Waals surface area (Å²) in [6.07, 6.45) is 3.72. The van der Waals surface area contributed by atoms with E-state index in [-0.39, 0.29) is 16.5 Å². The van der Waals surface area contributed by atoms with Gasteiger partial charge >= 0.3 is 0 Å². The Bertz CT molecular complexity index is 849. The molecule has 1 aliphatic rings. The molecule has 1 fully saturated rings. The molecule has 0 aromatic heterocycles. The second kappa shape index (κ2) is 9.30. The van der Waals surface area contributed by atoms with Crippen LogP contribution in [0.15, 0.2) is 42.5 Å². The molecule has 7 heteroatoms. The van der Waals surface area contributed by atoms with Crippen molar-refractivity contribution in [3.63, 3.8) is 0 Å². The van der Waals surface area contributed by atoms with Gasteiger partial charge in [0.15, 0.2) is 0 Å². The second-order valence-corrected chi connectivity index (χ2v) is 7.67. The van der Waals surface area contributed by atoms with Crippen LogP contribution in [-0.2, 0) is 4.79 Å². The van der Waals surface area contributed by atoms with Gasteiger partial charge in [0, 0.05) is 24.5 Å². The maximum Gasteiger partial charge on any atom is 0.253 e. The molecule has 3 rings (SSSR count). The van der Waals surface area contributed by atoms with E-state index in [9.17, 15) is 9.59 Å². The molecule has 148 valence electrons. The van der Waals surface area contributed by atoms with Crippen molar-refractivity contribution in [1.29, 1.82) is 0 Å². The Labute approximate surface area is 175 Å². The Morgan fingerprint density at radius 1 is 1.00 bits per heavy atom. The van der Waals surface area contributed by atoms with Gasteiger partial charge in [-0.05, 0) is 62.6 Å². The molecular weight excluding hydrogens is 397 g/mol. The van der Waals surface area contributed by atoms with E-state index in [0.29, 0.717) is 10.7 Å². The van der Waals surface area contributed by atoms with E-state index in [2.05, 4.69) is 15.5 Å². The first-order valence-electron chi connectivity index (χ1n) is 9.36. The third-order valence-electron chi connectivity index (χ3n) is 4.79. The summed E-state index contributed by atoms with van der Waals surface area (Å²) >= 11 is 12.0. The fourth-order valence-electron chi connectivity index (χ4n) is 3.18. The zero-order valence-corrected chi connectivity index (χ0v) is 17.2. The van der Waals surface area contributed by atoms with Crippen LogP contribution < -0.4 is 15.5 Å². The standard InChI is InChI=1S/C21H23Cl2N3O2/c1-14(24-21(28)17-6-5-7-18(22)19(17)23)20(27)25-15-8-10-16(11-9-15)26-12-3-2-4-13-26/h5-11,14H,2-4,12-13H2,1H3,(H,24,28)(H,25,27). The van der Waals surface area contributed by atoms with E-state index in [0.717, 1.165) is 18.8 Å². The molecule has 2 aromatic carbocycles. The highest BCUT2D eigenvalue weighted by Crippen LogP contribution is 2.25. The van der Waals surface area contributed by atoms with Gasteiger partial charge in [-0.25, -0.2) is 0 Å². The molecule has 2 amide bonds. The van der Waals surface area contributed by atoms with Crippen molar-refractivity contribution >= 4 is 46.4 Å². The number of carbonyl (C=O) groups excluding carboxylic acids is 2. The number of benzene rings is 2. The number of hydrogen-bond acceptors (Lipinski definition) is 3. The van der Waals surface area contributed by atoms with Crippen LogP contribution in [-0.4, -0.2) is 30.9 Å². The van der Waals surface area contributed by atoms with Crippen LogP contribution in [0.4, 0.5) is 11.4 Å². The molecule has 2 aromatic rings. The first-order valence-corrected chi connectivity index (χ1v) is 10.1. The molecule has 1 atom stereocenters. The maximum atomic E-state index is 12.4. The van der Waals surface area contributed by atoms with Gasteiger partial charge in [0.1, 0.15) is 6.04 Å². The van der Waals surface area contributed by atoms with Crippen LogP contribution in [0.5, 0.6) is 0 Å². The Morgan fingerprint density at radius 3 is 2.36 bits per heavy atom. The normalized spacial score (nSPS) is 15.0. The Morgan fingerprint density at radius 2 is 1.68 bits per heavy atom. The summed E-state index contributed by atoms with van der Waals surface area (Å²) in [6, 6.07) is 11.8. The van der Waals surface area contributed by atoms with Crippen LogP contribution in [0.25, 0.3) is 0 Å². The van der Waals surface area contributed by atoms with Gasteiger partial charge in [-0.2, -0.15) is 0 Å². The molecule has 0 spiro atoms. The Balaban J connectivity index is 1.57. The summed E-state index contributed by atoms with van der Waals surface area (Å²) in [5.41, 5.74) is 2.09. The summed E-state index contributed by atoms with van der Waals surface area (Å²) in [7, 11) is 0. The lowest BCUT2D eigenvalue weighted by molar-refractivity contribution is -0.117. The summed E-state index contributed by atoms with van der Waals surface area (Å²) in [4.78, 5) is 27.1. The smallest absolute Gasteiger partial charge is 0.253 e. The molecule has 5 nitrogen and oxygen atoms in total. The molecule has 1 saturated heterocycles. The van der Waals surface area contributed by atoms with E-state index in [4.69, 9.17) is 23.2 Å². The zero-order chi connectivity index (χ0) is 20.1. The largest absolute Gasteiger partial charge is 0.372 e. The van der Waals surface area contributed by atoms with Crippen molar-refractivity contribution in [3.8, 4) is 0 Å². The van der Waals surface area contributed by atoms with Gasteiger partial charge in [0.05, 0.1) is 15.6 Å². The lowest BCUT2D eigenvalue weighted by atomic mass is 10.1. The van der Waals surface area contributed by atoms with E-state index in [1.165, 1.54) is 19.3 Å². The average molecular weight is 420 g/mol. The monoisotopic (exact) mass is 419 g/mol. The predicted octanol–water partition coefficient (Wildman–Crippen LogP) is 4.74. The number of amides is 2. The highest BCUT2D eigenvalue weighted by Gasteiger charge is 2.19. The van der Waals surface area contributed by atoms with Gasteiger partial charge in [0.2, 0.25) is 5.91 Å². The fraction of sp³-hybridized carbons (Fsp3) is 0.333. The molecule has 0 bridgehead atoms. The molecule has 1 aliphatic heterocycles. The summed E-state index contributed by atoms with van der Waals surface area (Å²) < 4.78 is 0. The molecule has 1 unspecified atom stereocenters. The minimum absolute atomic E-state index is 0.169. The molecule has 28 heavy (non-hydrogen) atoms. The van der Waals surface area contributed by atoms with Crippen molar-refractivity contribution in [2.45, 2.75) is 32.2 Å². The van der Waals surface area contributed by atoms with Crippen molar-refractivity contribution < 1.29 is 9.59 Å². The number of anilines is 2. The molecule has 0 radical (unpaired) electrons. The zero-order valence-electron chi connectivity index (χ0n) is 15.7. The second-order valence-electron chi connectivity index (χ2n) is 6.88.